The van der Waals surface area contributed by atoms with Gasteiger partial charge in [0.15, 0.2) is 0 Å². The number of sulfonamides is 1. The van der Waals surface area contributed by atoms with E-state index in [1.165, 1.54) is 49.3 Å². The third-order valence-corrected chi connectivity index (χ3v) is 8.28. The SMILES string of the molecule is Cc1ccc(S(=O)(=O)N(C)c2cccc(C(=O)NCc3ccc(CN4CCCCC4)cc3)c2)cc1. The van der Waals surface area contributed by atoms with Gasteiger partial charge in [-0.2, -0.15) is 0 Å². The highest BCUT2D eigenvalue weighted by molar-refractivity contribution is 7.92. The Morgan fingerprint density at radius 3 is 2.26 bits per heavy atom. The van der Waals surface area contributed by atoms with Gasteiger partial charge in [0.05, 0.1) is 10.6 Å². The summed E-state index contributed by atoms with van der Waals surface area (Å²) in [5.74, 6) is -0.245. The van der Waals surface area contributed by atoms with Crippen molar-refractivity contribution >= 4 is 21.6 Å². The van der Waals surface area contributed by atoms with Crippen LogP contribution in [-0.2, 0) is 23.1 Å². The molecular formula is C28H33N3O3S. The van der Waals surface area contributed by atoms with Crippen molar-refractivity contribution in [1.29, 1.82) is 0 Å². The van der Waals surface area contributed by atoms with Crippen molar-refractivity contribution in [1.82, 2.24) is 10.2 Å². The highest BCUT2D eigenvalue weighted by Crippen LogP contribution is 2.23. The lowest BCUT2D eigenvalue weighted by molar-refractivity contribution is 0.0951. The van der Waals surface area contributed by atoms with Gasteiger partial charge < -0.3 is 5.32 Å². The lowest BCUT2D eigenvalue weighted by atomic mass is 10.1. The number of carbonyl (C=O) groups is 1. The maximum atomic E-state index is 13.0. The number of hydrogen-bond donors (Lipinski definition) is 1. The Kier molecular flexibility index (Phi) is 7.88. The van der Waals surface area contributed by atoms with E-state index in [0.29, 0.717) is 17.8 Å². The van der Waals surface area contributed by atoms with Gasteiger partial charge in [-0.25, -0.2) is 8.42 Å². The number of hydrogen-bond acceptors (Lipinski definition) is 4. The van der Waals surface area contributed by atoms with Crippen molar-refractivity contribution in [2.45, 2.75) is 44.2 Å². The van der Waals surface area contributed by atoms with Crippen molar-refractivity contribution in [2.75, 3.05) is 24.4 Å². The van der Waals surface area contributed by atoms with Crippen molar-refractivity contribution in [3.05, 3.63) is 95.1 Å². The number of carbonyl (C=O) groups excluding carboxylic acids is 1. The number of anilines is 1. The molecule has 0 radical (unpaired) electrons. The molecule has 6 nitrogen and oxygen atoms in total. The summed E-state index contributed by atoms with van der Waals surface area (Å²) in [5, 5.41) is 2.94. The number of piperidine rings is 1. The van der Waals surface area contributed by atoms with E-state index in [0.717, 1.165) is 17.7 Å². The Morgan fingerprint density at radius 2 is 1.57 bits per heavy atom. The lowest BCUT2D eigenvalue weighted by Crippen LogP contribution is -2.29. The minimum atomic E-state index is -3.72. The van der Waals surface area contributed by atoms with Crippen LogP contribution in [0, 0.1) is 6.92 Å². The second-order valence-electron chi connectivity index (χ2n) is 9.17. The third kappa shape index (κ3) is 6.29. The first kappa shape index (κ1) is 24.9. The van der Waals surface area contributed by atoms with Crippen LogP contribution in [0.1, 0.15) is 46.3 Å². The van der Waals surface area contributed by atoms with E-state index in [2.05, 4.69) is 34.5 Å². The fraction of sp³-hybridized carbons (Fsp3) is 0.321. The van der Waals surface area contributed by atoms with Crippen LogP contribution >= 0.6 is 0 Å². The third-order valence-electron chi connectivity index (χ3n) is 6.48. The summed E-state index contributed by atoms with van der Waals surface area (Å²) in [7, 11) is -2.23. The summed E-state index contributed by atoms with van der Waals surface area (Å²) in [6, 6.07) is 21.7. The van der Waals surface area contributed by atoms with Crippen LogP contribution in [0.15, 0.2) is 77.7 Å². The van der Waals surface area contributed by atoms with Gasteiger partial charge >= 0.3 is 0 Å². The van der Waals surface area contributed by atoms with Gasteiger partial charge in [0.2, 0.25) is 0 Å². The van der Waals surface area contributed by atoms with Crippen LogP contribution in [-0.4, -0.2) is 39.4 Å². The Labute approximate surface area is 208 Å². The van der Waals surface area contributed by atoms with E-state index in [4.69, 9.17) is 0 Å². The Bertz CT molecular complexity index is 1250. The number of aryl methyl sites for hydroxylation is 1. The number of benzene rings is 3. The monoisotopic (exact) mass is 491 g/mol. The Hall–Kier alpha value is -3.16. The van der Waals surface area contributed by atoms with Crippen LogP contribution in [0.2, 0.25) is 0 Å². The summed E-state index contributed by atoms with van der Waals surface area (Å²) in [5.41, 5.74) is 4.14. The van der Waals surface area contributed by atoms with Crippen LogP contribution in [0.5, 0.6) is 0 Å². The highest BCUT2D eigenvalue weighted by atomic mass is 32.2. The molecule has 0 bridgehead atoms. The Morgan fingerprint density at radius 1 is 0.914 bits per heavy atom. The second-order valence-corrected chi connectivity index (χ2v) is 11.1. The largest absolute Gasteiger partial charge is 0.348 e. The molecule has 1 saturated heterocycles. The molecule has 1 aliphatic rings. The zero-order valence-electron chi connectivity index (χ0n) is 20.4. The van der Waals surface area contributed by atoms with E-state index in [1.807, 2.05) is 6.92 Å². The Balaban J connectivity index is 1.37. The predicted molar refractivity (Wildman–Crippen MR) is 140 cm³/mol. The van der Waals surface area contributed by atoms with E-state index < -0.39 is 10.0 Å². The first-order valence-corrected chi connectivity index (χ1v) is 13.5. The number of rotatable bonds is 8. The molecule has 184 valence electrons. The molecular weight excluding hydrogens is 458 g/mol. The highest BCUT2D eigenvalue weighted by Gasteiger charge is 2.22. The molecule has 0 spiro atoms. The van der Waals surface area contributed by atoms with Crippen LogP contribution in [0.25, 0.3) is 0 Å². The number of nitrogens with zero attached hydrogens (tertiary/aromatic N) is 2. The number of likely N-dealkylation sites (tertiary alicyclic amines) is 1. The van der Waals surface area contributed by atoms with Gasteiger partial charge in [0, 0.05) is 25.7 Å². The van der Waals surface area contributed by atoms with Crippen molar-refractivity contribution in [2.24, 2.45) is 0 Å². The molecule has 0 aromatic heterocycles. The number of amides is 1. The maximum Gasteiger partial charge on any atom is 0.264 e. The summed E-state index contributed by atoms with van der Waals surface area (Å²) in [6.45, 7) is 5.62. The molecule has 0 saturated carbocycles. The van der Waals surface area contributed by atoms with Crippen molar-refractivity contribution in [3.8, 4) is 0 Å². The molecule has 0 atom stereocenters. The minimum absolute atomic E-state index is 0.212. The summed E-state index contributed by atoms with van der Waals surface area (Å²) in [6.07, 6.45) is 3.88. The van der Waals surface area contributed by atoms with Crippen molar-refractivity contribution < 1.29 is 13.2 Å². The average molecular weight is 492 g/mol. The van der Waals surface area contributed by atoms with E-state index in [9.17, 15) is 13.2 Å². The minimum Gasteiger partial charge on any atom is -0.348 e. The molecule has 1 fully saturated rings. The molecule has 35 heavy (non-hydrogen) atoms. The van der Waals surface area contributed by atoms with E-state index >= 15 is 0 Å². The van der Waals surface area contributed by atoms with Crippen LogP contribution in [0.3, 0.4) is 0 Å². The molecule has 3 aromatic carbocycles. The smallest absolute Gasteiger partial charge is 0.264 e. The van der Waals surface area contributed by atoms with Gasteiger partial charge in [-0.05, 0) is 74.3 Å². The summed E-state index contributed by atoms with van der Waals surface area (Å²) < 4.78 is 27.2. The summed E-state index contributed by atoms with van der Waals surface area (Å²) >= 11 is 0. The van der Waals surface area contributed by atoms with Crippen molar-refractivity contribution in [3.63, 3.8) is 0 Å². The molecule has 1 aliphatic heterocycles. The second kappa shape index (κ2) is 11.1. The molecule has 0 aliphatic carbocycles. The fourth-order valence-corrected chi connectivity index (χ4v) is 5.46. The van der Waals surface area contributed by atoms with Gasteiger partial charge in [0.25, 0.3) is 15.9 Å². The van der Waals surface area contributed by atoms with E-state index in [1.54, 1.807) is 48.5 Å². The van der Waals surface area contributed by atoms with Gasteiger partial charge in [-0.3, -0.25) is 14.0 Å². The van der Waals surface area contributed by atoms with Crippen LogP contribution in [0.4, 0.5) is 5.69 Å². The topological polar surface area (TPSA) is 69.7 Å². The normalized spacial score (nSPS) is 14.5. The first-order valence-electron chi connectivity index (χ1n) is 12.1. The zero-order valence-corrected chi connectivity index (χ0v) is 21.2. The quantitative estimate of drug-likeness (QED) is 0.494. The predicted octanol–water partition coefficient (Wildman–Crippen LogP) is 4.74. The zero-order chi connectivity index (χ0) is 24.8. The molecule has 3 aromatic rings. The molecule has 0 unspecified atom stereocenters. The van der Waals surface area contributed by atoms with Crippen LogP contribution < -0.4 is 9.62 Å². The average Bonchev–Trinajstić information content (AvgIpc) is 2.88. The van der Waals surface area contributed by atoms with Gasteiger partial charge in [-0.15, -0.1) is 0 Å². The van der Waals surface area contributed by atoms with E-state index in [-0.39, 0.29) is 10.8 Å². The molecule has 4 rings (SSSR count). The fourth-order valence-electron chi connectivity index (χ4n) is 4.27. The molecule has 1 heterocycles. The molecule has 1 N–H and O–H groups in total. The van der Waals surface area contributed by atoms with Gasteiger partial charge in [0.1, 0.15) is 0 Å². The number of nitrogens with one attached hydrogen (secondary N) is 1. The summed E-state index contributed by atoms with van der Waals surface area (Å²) in [4.78, 5) is 15.5. The van der Waals surface area contributed by atoms with Gasteiger partial charge in [-0.1, -0.05) is 54.4 Å². The maximum absolute atomic E-state index is 13.0. The first-order chi connectivity index (χ1) is 16.8. The molecule has 7 heteroatoms. The lowest BCUT2D eigenvalue weighted by Gasteiger charge is -2.26. The molecule has 1 amide bonds. The standard InChI is InChI=1S/C28H33N3O3S/c1-22-9-15-27(16-10-22)35(33,34)30(2)26-8-6-7-25(19-26)28(32)29-20-23-11-13-24(14-12-23)21-31-17-4-3-5-18-31/h6-16,19H,3-5,17-18,20-21H2,1-2H3,(H,29,32).